The van der Waals surface area contributed by atoms with Crippen molar-refractivity contribution in [3.05, 3.63) is 29.6 Å². The first-order valence-corrected chi connectivity index (χ1v) is 5.04. The van der Waals surface area contributed by atoms with Crippen LogP contribution in [0.2, 0.25) is 0 Å². The number of benzene rings is 1. The monoisotopic (exact) mass is 250 g/mol. The molecule has 0 saturated carbocycles. The van der Waals surface area contributed by atoms with Gasteiger partial charge in [-0.05, 0) is 18.6 Å². The number of rotatable bonds is 3. The fourth-order valence-corrected chi connectivity index (χ4v) is 1.65. The smallest absolute Gasteiger partial charge is 0.363 e. The van der Waals surface area contributed by atoms with Crippen LogP contribution in [0.15, 0.2) is 18.2 Å². The fourth-order valence-electron chi connectivity index (χ4n) is 1.65. The quantitative estimate of drug-likeness (QED) is 0.836. The number of hydrogen-bond donors (Lipinski definition) is 1. The second-order valence-electron chi connectivity index (χ2n) is 3.94. The van der Waals surface area contributed by atoms with E-state index in [0.717, 1.165) is 11.0 Å². The summed E-state index contributed by atoms with van der Waals surface area (Å²) in [4.78, 5) is 0.827. The van der Waals surface area contributed by atoms with Crippen molar-refractivity contribution in [3.63, 3.8) is 0 Å². The van der Waals surface area contributed by atoms with E-state index in [0.29, 0.717) is 5.56 Å². The van der Waals surface area contributed by atoms with Gasteiger partial charge in [0.25, 0.3) is 0 Å². The van der Waals surface area contributed by atoms with Crippen molar-refractivity contribution < 1.29 is 17.6 Å². The molecule has 0 radical (unpaired) electrons. The first-order chi connectivity index (χ1) is 7.72. The Hall–Kier alpha value is -1.30. The minimum absolute atomic E-state index is 0.0974. The van der Waals surface area contributed by atoms with Crippen molar-refractivity contribution in [2.75, 3.05) is 18.5 Å². The zero-order valence-corrected chi connectivity index (χ0v) is 9.55. The minimum Gasteiger partial charge on any atom is -0.363 e. The highest BCUT2D eigenvalue weighted by Gasteiger charge is 2.31. The van der Waals surface area contributed by atoms with Crippen LogP contribution in [0.3, 0.4) is 0 Å². The molecule has 1 aromatic carbocycles. The first kappa shape index (κ1) is 13.8. The lowest BCUT2D eigenvalue weighted by atomic mass is 10.1. The van der Waals surface area contributed by atoms with Gasteiger partial charge in [0, 0.05) is 13.1 Å². The van der Waals surface area contributed by atoms with Gasteiger partial charge in [0.1, 0.15) is 12.4 Å². The molecule has 0 amide bonds. The number of hydrogen-bond acceptors (Lipinski definition) is 2. The van der Waals surface area contributed by atoms with E-state index in [1.165, 1.54) is 19.2 Å². The van der Waals surface area contributed by atoms with Crippen molar-refractivity contribution >= 4 is 5.69 Å². The number of halogens is 4. The molecule has 96 valence electrons. The Bertz CT molecular complexity index is 388. The fraction of sp³-hybridized carbons (Fsp3) is 0.455. The highest BCUT2D eigenvalue weighted by molar-refractivity contribution is 5.55. The summed E-state index contributed by atoms with van der Waals surface area (Å²) in [7, 11) is 1.19. The van der Waals surface area contributed by atoms with Crippen LogP contribution < -0.4 is 10.6 Å². The summed E-state index contributed by atoms with van der Waals surface area (Å²) < 4.78 is 50.4. The predicted octanol–water partition coefficient (Wildman–Crippen LogP) is 2.84. The number of nitrogens with zero attached hydrogens (tertiary/aromatic N) is 1. The zero-order valence-electron chi connectivity index (χ0n) is 9.55. The topological polar surface area (TPSA) is 29.3 Å². The van der Waals surface area contributed by atoms with Crippen LogP contribution in [-0.2, 0) is 0 Å². The summed E-state index contributed by atoms with van der Waals surface area (Å²) in [6.45, 7) is 0.382. The van der Waals surface area contributed by atoms with E-state index in [-0.39, 0.29) is 5.69 Å². The van der Waals surface area contributed by atoms with Gasteiger partial charge in [-0.1, -0.05) is 12.1 Å². The van der Waals surface area contributed by atoms with Gasteiger partial charge < -0.3 is 10.6 Å². The highest BCUT2D eigenvalue weighted by Crippen LogP contribution is 2.29. The lowest BCUT2D eigenvalue weighted by molar-refractivity contribution is -0.119. The lowest BCUT2D eigenvalue weighted by Gasteiger charge is -2.25. The Labute approximate surface area is 97.0 Å². The van der Waals surface area contributed by atoms with Crippen LogP contribution in [0.5, 0.6) is 0 Å². The van der Waals surface area contributed by atoms with E-state index in [4.69, 9.17) is 5.73 Å². The maximum absolute atomic E-state index is 13.6. The van der Waals surface area contributed by atoms with Gasteiger partial charge in [-0.15, -0.1) is 0 Å². The highest BCUT2D eigenvalue weighted by atomic mass is 19.4. The second-order valence-corrected chi connectivity index (χ2v) is 3.94. The molecule has 1 unspecified atom stereocenters. The third-order valence-corrected chi connectivity index (χ3v) is 2.31. The summed E-state index contributed by atoms with van der Waals surface area (Å²) >= 11 is 0. The van der Waals surface area contributed by atoms with Gasteiger partial charge in [-0.2, -0.15) is 13.2 Å². The Morgan fingerprint density at radius 3 is 2.41 bits per heavy atom. The lowest BCUT2D eigenvalue weighted by Crippen LogP contribution is -2.32. The molecule has 0 aliphatic carbocycles. The van der Waals surface area contributed by atoms with Crippen molar-refractivity contribution in [2.45, 2.75) is 19.1 Å². The van der Waals surface area contributed by atoms with Gasteiger partial charge in [0.2, 0.25) is 0 Å². The average Bonchev–Trinajstić information content (AvgIpc) is 2.13. The average molecular weight is 250 g/mol. The maximum Gasteiger partial charge on any atom is 0.405 e. The number of alkyl halides is 3. The largest absolute Gasteiger partial charge is 0.405 e. The van der Waals surface area contributed by atoms with Crippen molar-refractivity contribution in [1.29, 1.82) is 0 Å². The van der Waals surface area contributed by atoms with Crippen LogP contribution in [0.4, 0.5) is 23.2 Å². The van der Waals surface area contributed by atoms with Crippen LogP contribution in [0, 0.1) is 5.82 Å². The molecule has 1 atom stereocenters. The van der Waals surface area contributed by atoms with Crippen molar-refractivity contribution in [1.82, 2.24) is 0 Å². The summed E-state index contributed by atoms with van der Waals surface area (Å²) in [6.07, 6.45) is -4.38. The molecule has 0 saturated heterocycles. The molecule has 17 heavy (non-hydrogen) atoms. The minimum atomic E-state index is -4.38. The Morgan fingerprint density at radius 2 is 1.94 bits per heavy atom. The Kier molecular flexibility index (Phi) is 3.98. The SMILES string of the molecule is CC(N)c1cccc(F)c1N(C)CC(F)(F)F. The molecule has 0 heterocycles. The first-order valence-electron chi connectivity index (χ1n) is 5.04. The third-order valence-electron chi connectivity index (χ3n) is 2.31. The van der Waals surface area contributed by atoms with E-state index in [9.17, 15) is 17.6 Å². The summed E-state index contributed by atoms with van der Waals surface area (Å²) in [5.41, 5.74) is 5.87. The van der Waals surface area contributed by atoms with Crippen molar-refractivity contribution in [3.8, 4) is 0 Å². The van der Waals surface area contributed by atoms with Crippen LogP contribution in [0.25, 0.3) is 0 Å². The molecule has 0 fully saturated rings. The van der Waals surface area contributed by atoms with Gasteiger partial charge in [0.05, 0.1) is 5.69 Å². The molecule has 0 bridgehead atoms. The molecule has 2 N–H and O–H groups in total. The van der Waals surface area contributed by atoms with Crippen LogP contribution in [-0.4, -0.2) is 19.8 Å². The molecule has 1 aromatic rings. The maximum atomic E-state index is 13.6. The number of anilines is 1. The molecular weight excluding hydrogens is 236 g/mol. The van der Waals surface area contributed by atoms with E-state index in [1.54, 1.807) is 6.92 Å². The zero-order chi connectivity index (χ0) is 13.2. The van der Waals surface area contributed by atoms with E-state index in [2.05, 4.69) is 0 Å². The standard InChI is InChI=1S/C11H14F4N2/c1-7(16)8-4-3-5-9(12)10(8)17(2)6-11(13,14)15/h3-5,7H,6,16H2,1-2H3. The van der Waals surface area contributed by atoms with Gasteiger partial charge >= 0.3 is 6.18 Å². The molecule has 0 aliphatic rings. The van der Waals surface area contributed by atoms with Gasteiger partial charge in [-0.3, -0.25) is 0 Å². The predicted molar refractivity (Wildman–Crippen MR) is 58.3 cm³/mol. The Balaban J connectivity index is 3.11. The molecule has 0 aliphatic heterocycles. The molecule has 0 aromatic heterocycles. The van der Waals surface area contributed by atoms with Crippen LogP contribution in [0.1, 0.15) is 18.5 Å². The van der Waals surface area contributed by atoms with E-state index < -0.39 is 24.6 Å². The van der Waals surface area contributed by atoms with Gasteiger partial charge in [0.15, 0.2) is 0 Å². The molecular formula is C11H14F4N2. The summed E-state index contributed by atoms with van der Waals surface area (Å²) in [5, 5.41) is 0. The number of nitrogens with two attached hydrogens (primary N) is 1. The molecule has 0 spiro atoms. The number of para-hydroxylation sites is 1. The molecule has 6 heteroatoms. The Morgan fingerprint density at radius 1 is 1.35 bits per heavy atom. The van der Waals surface area contributed by atoms with E-state index in [1.807, 2.05) is 0 Å². The second kappa shape index (κ2) is 4.91. The normalized spacial score (nSPS) is 13.6. The third kappa shape index (κ3) is 3.59. The summed E-state index contributed by atoms with van der Waals surface area (Å²) in [5.74, 6) is -0.702. The van der Waals surface area contributed by atoms with E-state index >= 15 is 0 Å². The summed E-state index contributed by atoms with van der Waals surface area (Å²) in [6, 6.07) is 3.54. The molecule has 2 nitrogen and oxygen atoms in total. The van der Waals surface area contributed by atoms with Crippen molar-refractivity contribution in [2.24, 2.45) is 5.73 Å². The van der Waals surface area contributed by atoms with Gasteiger partial charge in [-0.25, -0.2) is 4.39 Å². The molecule has 1 rings (SSSR count). The van der Waals surface area contributed by atoms with Crippen LogP contribution >= 0.6 is 0 Å².